The van der Waals surface area contributed by atoms with Crippen molar-refractivity contribution >= 4 is 16.9 Å². The molecule has 1 aliphatic carbocycles. The standard InChI is InChI=1S/C18H16O/c19-16-11-12-17(14-7-3-1-4-8-14)18(13-16)15-9-5-2-6-10-15/h1-10H,11-13H2. The average molecular weight is 248 g/mol. The Kier molecular flexibility index (Phi) is 3.28. The number of allylic oxidation sites excluding steroid dienone is 2. The van der Waals surface area contributed by atoms with Crippen LogP contribution < -0.4 is 0 Å². The molecule has 0 amide bonds. The molecule has 0 aromatic heterocycles. The highest BCUT2D eigenvalue weighted by Crippen LogP contribution is 2.36. The van der Waals surface area contributed by atoms with Crippen LogP contribution in [-0.2, 0) is 4.79 Å². The summed E-state index contributed by atoms with van der Waals surface area (Å²) in [7, 11) is 0. The van der Waals surface area contributed by atoms with E-state index in [9.17, 15) is 4.79 Å². The van der Waals surface area contributed by atoms with Gasteiger partial charge in [0.2, 0.25) is 0 Å². The number of hydrogen-bond acceptors (Lipinski definition) is 1. The van der Waals surface area contributed by atoms with Gasteiger partial charge in [0.05, 0.1) is 0 Å². The second-order valence-corrected chi connectivity index (χ2v) is 4.90. The summed E-state index contributed by atoms with van der Waals surface area (Å²) in [5.41, 5.74) is 4.94. The monoisotopic (exact) mass is 248 g/mol. The summed E-state index contributed by atoms with van der Waals surface area (Å²) in [6, 6.07) is 20.7. The molecule has 0 fully saturated rings. The lowest BCUT2D eigenvalue weighted by Gasteiger charge is -2.20. The molecule has 0 aliphatic heterocycles. The Balaban J connectivity index is 2.13. The molecular weight excluding hydrogens is 232 g/mol. The maximum Gasteiger partial charge on any atom is 0.137 e. The van der Waals surface area contributed by atoms with E-state index in [-0.39, 0.29) is 0 Å². The van der Waals surface area contributed by atoms with Crippen LogP contribution in [0.2, 0.25) is 0 Å². The Hall–Kier alpha value is -2.15. The zero-order valence-corrected chi connectivity index (χ0v) is 10.8. The first kappa shape index (κ1) is 11.9. The molecule has 0 unspecified atom stereocenters. The molecule has 0 atom stereocenters. The lowest BCUT2D eigenvalue weighted by Crippen LogP contribution is -2.08. The third kappa shape index (κ3) is 2.50. The van der Waals surface area contributed by atoms with Crippen molar-refractivity contribution in [2.45, 2.75) is 19.3 Å². The van der Waals surface area contributed by atoms with Gasteiger partial charge in [0.1, 0.15) is 5.78 Å². The second-order valence-electron chi connectivity index (χ2n) is 4.90. The van der Waals surface area contributed by atoms with Crippen LogP contribution in [0.4, 0.5) is 0 Å². The van der Waals surface area contributed by atoms with Gasteiger partial charge < -0.3 is 0 Å². The van der Waals surface area contributed by atoms with E-state index in [4.69, 9.17) is 0 Å². The number of rotatable bonds is 2. The SMILES string of the molecule is O=C1CCC(c2ccccc2)=C(c2ccccc2)C1. The number of ketones is 1. The van der Waals surface area contributed by atoms with Gasteiger partial charge in [-0.05, 0) is 28.7 Å². The van der Waals surface area contributed by atoms with Gasteiger partial charge in [0, 0.05) is 12.8 Å². The average Bonchev–Trinajstić information content (AvgIpc) is 2.49. The first-order chi connectivity index (χ1) is 9.34. The fraction of sp³-hybridized carbons (Fsp3) is 0.167. The van der Waals surface area contributed by atoms with Crippen LogP contribution in [0, 0.1) is 0 Å². The van der Waals surface area contributed by atoms with E-state index < -0.39 is 0 Å². The largest absolute Gasteiger partial charge is 0.299 e. The lowest BCUT2D eigenvalue weighted by molar-refractivity contribution is -0.118. The fourth-order valence-corrected chi connectivity index (χ4v) is 2.68. The zero-order chi connectivity index (χ0) is 13.1. The van der Waals surface area contributed by atoms with Crippen molar-refractivity contribution < 1.29 is 4.79 Å². The highest BCUT2D eigenvalue weighted by molar-refractivity contribution is 6.03. The molecule has 1 aliphatic rings. The zero-order valence-electron chi connectivity index (χ0n) is 10.8. The van der Waals surface area contributed by atoms with Crippen molar-refractivity contribution in [2.75, 3.05) is 0 Å². The molecule has 3 rings (SSSR count). The third-order valence-electron chi connectivity index (χ3n) is 3.64. The van der Waals surface area contributed by atoms with Gasteiger partial charge in [0.25, 0.3) is 0 Å². The number of carbonyl (C=O) groups is 1. The molecule has 0 saturated carbocycles. The van der Waals surface area contributed by atoms with E-state index in [0.29, 0.717) is 18.6 Å². The van der Waals surface area contributed by atoms with Gasteiger partial charge >= 0.3 is 0 Å². The van der Waals surface area contributed by atoms with E-state index in [2.05, 4.69) is 36.4 Å². The number of hydrogen-bond donors (Lipinski definition) is 0. The van der Waals surface area contributed by atoms with E-state index in [1.165, 1.54) is 22.3 Å². The van der Waals surface area contributed by atoms with Gasteiger partial charge in [-0.25, -0.2) is 0 Å². The molecule has 0 N–H and O–H groups in total. The van der Waals surface area contributed by atoms with Gasteiger partial charge in [-0.1, -0.05) is 60.7 Å². The quantitative estimate of drug-likeness (QED) is 0.772. The topological polar surface area (TPSA) is 17.1 Å². The highest BCUT2D eigenvalue weighted by Gasteiger charge is 2.20. The molecule has 0 bridgehead atoms. The van der Waals surface area contributed by atoms with Crippen molar-refractivity contribution in [1.82, 2.24) is 0 Å². The van der Waals surface area contributed by atoms with Crippen molar-refractivity contribution in [3.05, 3.63) is 71.8 Å². The smallest absolute Gasteiger partial charge is 0.137 e. The number of benzene rings is 2. The van der Waals surface area contributed by atoms with E-state index in [1.807, 2.05) is 24.3 Å². The van der Waals surface area contributed by atoms with E-state index >= 15 is 0 Å². The van der Waals surface area contributed by atoms with Crippen LogP contribution in [0.3, 0.4) is 0 Å². The molecule has 2 aromatic carbocycles. The Morgan fingerprint density at radius 3 is 1.74 bits per heavy atom. The van der Waals surface area contributed by atoms with Crippen LogP contribution in [0.15, 0.2) is 60.7 Å². The molecule has 0 radical (unpaired) electrons. The van der Waals surface area contributed by atoms with Crippen molar-refractivity contribution in [1.29, 1.82) is 0 Å². The molecular formula is C18H16O. The highest BCUT2D eigenvalue weighted by atomic mass is 16.1. The molecule has 0 saturated heterocycles. The molecule has 2 aromatic rings. The summed E-state index contributed by atoms with van der Waals surface area (Å²) in [6.07, 6.45) is 2.09. The molecule has 1 nitrogen and oxygen atoms in total. The molecule has 1 heteroatoms. The summed E-state index contributed by atoms with van der Waals surface area (Å²) >= 11 is 0. The minimum absolute atomic E-state index is 0.346. The Morgan fingerprint density at radius 2 is 1.16 bits per heavy atom. The first-order valence-electron chi connectivity index (χ1n) is 6.69. The first-order valence-corrected chi connectivity index (χ1v) is 6.69. The summed E-state index contributed by atoms with van der Waals surface area (Å²) in [4.78, 5) is 11.8. The minimum Gasteiger partial charge on any atom is -0.299 e. The molecule has 94 valence electrons. The lowest BCUT2D eigenvalue weighted by atomic mass is 9.83. The Morgan fingerprint density at radius 1 is 0.632 bits per heavy atom. The van der Waals surface area contributed by atoms with Gasteiger partial charge in [-0.2, -0.15) is 0 Å². The molecule has 0 spiro atoms. The number of carbonyl (C=O) groups excluding carboxylic acids is 1. The predicted molar refractivity (Wildman–Crippen MR) is 78.6 cm³/mol. The summed E-state index contributed by atoms with van der Waals surface area (Å²) in [5, 5.41) is 0. The predicted octanol–water partition coefficient (Wildman–Crippen LogP) is 4.35. The summed E-state index contributed by atoms with van der Waals surface area (Å²) in [5.74, 6) is 0.346. The van der Waals surface area contributed by atoms with Gasteiger partial charge in [-0.15, -0.1) is 0 Å². The number of Topliss-reactive ketones (excluding diaryl/α,β-unsaturated/α-hetero) is 1. The maximum absolute atomic E-state index is 11.8. The Labute approximate surface area is 113 Å². The second kappa shape index (κ2) is 5.23. The maximum atomic E-state index is 11.8. The van der Waals surface area contributed by atoms with E-state index in [1.54, 1.807) is 0 Å². The van der Waals surface area contributed by atoms with Crippen molar-refractivity contribution in [3.63, 3.8) is 0 Å². The van der Waals surface area contributed by atoms with Crippen LogP contribution in [-0.4, -0.2) is 5.78 Å². The summed E-state index contributed by atoms with van der Waals surface area (Å²) < 4.78 is 0. The van der Waals surface area contributed by atoms with Crippen LogP contribution in [0.1, 0.15) is 30.4 Å². The van der Waals surface area contributed by atoms with Gasteiger partial charge in [0.15, 0.2) is 0 Å². The molecule has 19 heavy (non-hydrogen) atoms. The van der Waals surface area contributed by atoms with Crippen molar-refractivity contribution in [2.24, 2.45) is 0 Å². The van der Waals surface area contributed by atoms with Crippen LogP contribution in [0.25, 0.3) is 11.1 Å². The normalized spacial score (nSPS) is 15.7. The summed E-state index contributed by atoms with van der Waals surface area (Å²) in [6.45, 7) is 0. The van der Waals surface area contributed by atoms with Crippen LogP contribution >= 0.6 is 0 Å². The van der Waals surface area contributed by atoms with Crippen molar-refractivity contribution in [3.8, 4) is 0 Å². The van der Waals surface area contributed by atoms with Crippen LogP contribution in [0.5, 0.6) is 0 Å². The third-order valence-corrected chi connectivity index (χ3v) is 3.64. The Bertz CT molecular complexity index is 609. The minimum atomic E-state index is 0.346. The van der Waals surface area contributed by atoms with E-state index in [0.717, 1.165) is 6.42 Å². The fourth-order valence-electron chi connectivity index (χ4n) is 2.68. The van der Waals surface area contributed by atoms with Gasteiger partial charge in [-0.3, -0.25) is 4.79 Å². The molecule has 0 heterocycles.